The van der Waals surface area contributed by atoms with Gasteiger partial charge in [-0.1, -0.05) is 199 Å². The molecule has 4 nitrogen and oxygen atoms in total. The van der Waals surface area contributed by atoms with Crippen LogP contribution in [0.25, 0.3) is 89.1 Å². The van der Waals surface area contributed by atoms with Crippen LogP contribution in [-0.4, -0.2) is 19.1 Å². The van der Waals surface area contributed by atoms with Gasteiger partial charge in [0.25, 0.3) is 0 Å². The van der Waals surface area contributed by atoms with Gasteiger partial charge in [-0.25, -0.2) is 9.97 Å². The van der Waals surface area contributed by atoms with Crippen molar-refractivity contribution in [3.8, 4) is 67.0 Å². The van der Waals surface area contributed by atoms with Gasteiger partial charge in [-0.05, 0) is 80.9 Å². The minimum Gasteiger partial charge on any atom is -0.295 e. The number of hydrogen-bond acceptors (Lipinski definition) is 2. The maximum Gasteiger partial charge on any atom is 0.119 e. The highest BCUT2D eigenvalue weighted by Gasteiger charge is 2.31. The predicted molar refractivity (Wildman–Crippen MR) is 260 cm³/mol. The zero-order chi connectivity index (χ0) is 42.6. The fourth-order valence-corrected chi connectivity index (χ4v) is 9.15. The predicted octanol–water partition coefficient (Wildman–Crippen LogP) is 15.3. The smallest absolute Gasteiger partial charge is 0.119 e. The van der Waals surface area contributed by atoms with Crippen molar-refractivity contribution in [2.75, 3.05) is 0 Å². The number of imidazole rings is 2. The lowest BCUT2D eigenvalue weighted by molar-refractivity contribution is 0.538. The Kier molecular flexibility index (Phi) is 9.60. The second-order valence-electron chi connectivity index (χ2n) is 18.2. The normalized spacial score (nSPS) is 12.0. The molecule has 302 valence electrons. The zero-order valence-electron chi connectivity index (χ0n) is 36.3. The highest BCUT2D eigenvalue weighted by atomic mass is 15.1. The Bertz CT molecular complexity index is 3020. The van der Waals surface area contributed by atoms with Crippen LogP contribution in [0.1, 0.15) is 53.2 Å². The molecule has 0 amide bonds. The molecular formula is C58H50N4. The Morgan fingerprint density at radius 3 is 1.02 bits per heavy atom. The molecule has 0 aliphatic rings. The van der Waals surface area contributed by atoms with Gasteiger partial charge in [0.2, 0.25) is 0 Å². The standard InChI is InChI=1S/C58H50N4/c1-57(2,3)55-59-47-33-17-19-35-49(47)61(55)51-37-21-31-45(43-29-15-13-27-41(43)39-23-9-7-10-24-39)53(51)54-46(44-30-16-14-28-42(44)40-25-11-8-12-26-40)32-22-38-52(54)62-50-36-20-18-34-48(50)60-56(62)58(4,5)6/h7-38H,1-6H3. The van der Waals surface area contributed by atoms with Crippen LogP contribution in [0.4, 0.5) is 0 Å². The van der Waals surface area contributed by atoms with Crippen molar-refractivity contribution in [2.24, 2.45) is 0 Å². The van der Waals surface area contributed by atoms with Crippen LogP contribution in [0, 0.1) is 0 Å². The molecule has 10 aromatic rings. The van der Waals surface area contributed by atoms with Gasteiger partial charge < -0.3 is 0 Å². The Labute approximate surface area is 364 Å². The average molecular weight is 803 g/mol. The number of hydrogen-bond donors (Lipinski definition) is 0. The summed E-state index contributed by atoms with van der Waals surface area (Å²) in [6.45, 7) is 13.6. The van der Waals surface area contributed by atoms with Gasteiger partial charge in [0.1, 0.15) is 11.6 Å². The number of benzene rings is 8. The summed E-state index contributed by atoms with van der Waals surface area (Å²) in [6, 6.07) is 70.1. The second-order valence-corrected chi connectivity index (χ2v) is 18.2. The molecule has 62 heavy (non-hydrogen) atoms. The van der Waals surface area contributed by atoms with Crippen LogP contribution < -0.4 is 0 Å². The number of nitrogens with zero attached hydrogens (tertiary/aromatic N) is 4. The van der Waals surface area contributed by atoms with Gasteiger partial charge in [0.15, 0.2) is 0 Å². The van der Waals surface area contributed by atoms with Crippen LogP contribution in [0.2, 0.25) is 0 Å². The van der Waals surface area contributed by atoms with Gasteiger partial charge in [-0.2, -0.15) is 0 Å². The molecule has 0 aliphatic heterocycles. The number of fused-ring (bicyclic) bond motifs is 2. The van der Waals surface area contributed by atoms with E-state index in [9.17, 15) is 0 Å². The summed E-state index contributed by atoms with van der Waals surface area (Å²) in [5.74, 6) is 2.00. The minimum absolute atomic E-state index is 0.281. The fourth-order valence-electron chi connectivity index (χ4n) is 9.15. The highest BCUT2D eigenvalue weighted by Crippen LogP contribution is 2.50. The van der Waals surface area contributed by atoms with Gasteiger partial charge in [0, 0.05) is 22.0 Å². The fraction of sp³-hybridized carbons (Fsp3) is 0.138. The maximum absolute atomic E-state index is 5.40. The molecule has 0 N–H and O–H groups in total. The van der Waals surface area contributed by atoms with E-state index in [1.807, 2.05) is 0 Å². The molecule has 0 saturated heterocycles. The van der Waals surface area contributed by atoms with Crippen LogP contribution in [0.5, 0.6) is 0 Å². The third-order valence-electron chi connectivity index (χ3n) is 11.9. The third kappa shape index (κ3) is 6.73. The maximum atomic E-state index is 5.40. The van der Waals surface area contributed by atoms with E-state index < -0.39 is 0 Å². The van der Waals surface area contributed by atoms with Crippen molar-refractivity contribution in [3.05, 3.63) is 206 Å². The lowest BCUT2D eigenvalue weighted by Crippen LogP contribution is -2.20. The number of para-hydroxylation sites is 4. The van der Waals surface area contributed by atoms with Crippen molar-refractivity contribution < 1.29 is 0 Å². The molecular weight excluding hydrogens is 753 g/mol. The summed E-state index contributed by atoms with van der Waals surface area (Å²) < 4.78 is 4.86. The van der Waals surface area contributed by atoms with E-state index in [0.29, 0.717) is 0 Å². The van der Waals surface area contributed by atoms with Crippen molar-refractivity contribution in [1.82, 2.24) is 19.1 Å². The first-order valence-corrected chi connectivity index (χ1v) is 21.6. The molecule has 0 fully saturated rings. The summed E-state index contributed by atoms with van der Waals surface area (Å²) in [5, 5.41) is 0. The van der Waals surface area contributed by atoms with E-state index in [2.05, 4.69) is 245 Å². The molecule has 4 heteroatoms. The summed E-state index contributed by atoms with van der Waals surface area (Å²) in [7, 11) is 0. The first-order chi connectivity index (χ1) is 30.1. The van der Waals surface area contributed by atoms with E-state index in [1.54, 1.807) is 0 Å². The Hall–Kier alpha value is -7.30. The van der Waals surface area contributed by atoms with Crippen molar-refractivity contribution in [3.63, 3.8) is 0 Å². The zero-order valence-corrected chi connectivity index (χ0v) is 36.3. The Balaban J connectivity index is 1.44. The summed E-state index contributed by atoms with van der Waals surface area (Å²) >= 11 is 0. The minimum atomic E-state index is -0.281. The highest BCUT2D eigenvalue weighted by molar-refractivity contribution is 6.05. The van der Waals surface area contributed by atoms with Gasteiger partial charge in [0.05, 0.1) is 33.4 Å². The Morgan fingerprint density at radius 1 is 0.306 bits per heavy atom. The van der Waals surface area contributed by atoms with Gasteiger partial charge in [-0.15, -0.1) is 0 Å². The molecule has 0 atom stereocenters. The summed E-state index contributed by atoms with van der Waals surface area (Å²) in [4.78, 5) is 10.8. The molecule has 8 aromatic carbocycles. The van der Waals surface area contributed by atoms with Crippen molar-refractivity contribution in [1.29, 1.82) is 0 Å². The molecule has 0 spiro atoms. The average Bonchev–Trinajstić information content (AvgIpc) is 3.90. The lowest BCUT2D eigenvalue weighted by atomic mass is 9.83. The lowest BCUT2D eigenvalue weighted by Gasteiger charge is -2.28. The van der Waals surface area contributed by atoms with Crippen LogP contribution in [-0.2, 0) is 10.8 Å². The molecule has 0 bridgehead atoms. The van der Waals surface area contributed by atoms with E-state index >= 15 is 0 Å². The third-order valence-corrected chi connectivity index (χ3v) is 11.9. The first kappa shape index (κ1) is 38.9. The van der Waals surface area contributed by atoms with Crippen molar-refractivity contribution >= 4 is 22.1 Å². The second kappa shape index (κ2) is 15.3. The SMILES string of the molecule is CC(C)(C)c1nc2ccccc2n1-c1cccc(-c2ccccc2-c2ccccc2)c1-c1c(-c2ccccc2-c2ccccc2)cccc1-n1c(C(C)(C)C)nc2ccccc21. The molecule has 2 heterocycles. The van der Waals surface area contributed by atoms with Crippen LogP contribution in [0.3, 0.4) is 0 Å². The largest absolute Gasteiger partial charge is 0.295 e. The van der Waals surface area contributed by atoms with Crippen LogP contribution >= 0.6 is 0 Å². The topological polar surface area (TPSA) is 35.6 Å². The van der Waals surface area contributed by atoms with E-state index in [0.717, 1.165) is 78.5 Å². The van der Waals surface area contributed by atoms with E-state index in [-0.39, 0.29) is 10.8 Å². The quantitative estimate of drug-likeness (QED) is 0.161. The van der Waals surface area contributed by atoms with E-state index in [4.69, 9.17) is 9.97 Å². The molecule has 10 rings (SSSR count). The van der Waals surface area contributed by atoms with E-state index in [1.165, 1.54) is 22.3 Å². The summed E-state index contributed by atoms with van der Waals surface area (Å²) in [5.41, 5.74) is 17.1. The Morgan fingerprint density at radius 2 is 0.629 bits per heavy atom. The van der Waals surface area contributed by atoms with Crippen LogP contribution in [0.15, 0.2) is 194 Å². The summed E-state index contributed by atoms with van der Waals surface area (Å²) in [6.07, 6.45) is 0. The molecule has 0 unspecified atom stereocenters. The monoisotopic (exact) mass is 802 g/mol. The molecule has 0 saturated carbocycles. The van der Waals surface area contributed by atoms with Crippen molar-refractivity contribution in [2.45, 2.75) is 52.4 Å². The first-order valence-electron chi connectivity index (χ1n) is 21.6. The number of rotatable bonds is 7. The van der Waals surface area contributed by atoms with Gasteiger partial charge in [-0.3, -0.25) is 9.13 Å². The molecule has 0 radical (unpaired) electrons. The van der Waals surface area contributed by atoms with Gasteiger partial charge >= 0.3 is 0 Å². The number of aromatic nitrogens is 4. The molecule has 0 aliphatic carbocycles. The molecule has 2 aromatic heterocycles.